The molecule has 0 spiro atoms. The number of ether oxygens (including phenoxy) is 2. The van der Waals surface area contributed by atoms with E-state index in [1.165, 1.54) is 76.7 Å². The van der Waals surface area contributed by atoms with E-state index in [9.17, 15) is 22.6 Å². The molecule has 0 aromatic heterocycles. The molecule has 194 valence electrons. The summed E-state index contributed by atoms with van der Waals surface area (Å²) in [5, 5.41) is -2.07. The molecule has 0 heterocycles. The van der Waals surface area contributed by atoms with Crippen LogP contribution in [0.4, 0.5) is 0 Å². The predicted octanol–water partition coefficient (Wildman–Crippen LogP) is 2.83. The first-order valence-corrected chi connectivity index (χ1v) is 14.2. The molecule has 0 aromatic carbocycles. The van der Waals surface area contributed by atoms with E-state index in [1.54, 1.807) is 0 Å². The van der Waals surface area contributed by atoms with Crippen LogP contribution in [0.2, 0.25) is 0 Å². The monoisotopic (exact) mass is 512 g/mol. The molecule has 0 aromatic rings. The van der Waals surface area contributed by atoms with Gasteiger partial charge in [0.25, 0.3) is 0 Å². The molecule has 0 bridgehead atoms. The first kappa shape index (κ1) is 35.8. The molecular weight excluding hydrogens is 467 g/mol. The van der Waals surface area contributed by atoms with Crippen molar-refractivity contribution in [2.75, 3.05) is 13.2 Å². The molecule has 0 saturated heterocycles. The zero-order chi connectivity index (χ0) is 24.8. The van der Waals surface area contributed by atoms with Crippen LogP contribution in [0.1, 0.15) is 116 Å². The van der Waals surface area contributed by atoms with Gasteiger partial charge in [-0.2, -0.15) is 0 Å². The average Bonchev–Trinajstić information content (AvgIpc) is 2.76. The van der Waals surface area contributed by atoms with E-state index in [-0.39, 0.29) is 42.8 Å². The van der Waals surface area contributed by atoms with Gasteiger partial charge < -0.3 is 14.0 Å². The molecule has 0 amide bonds. The van der Waals surface area contributed by atoms with Gasteiger partial charge in [0.1, 0.15) is 10.1 Å². The molecule has 0 N–H and O–H groups in total. The Morgan fingerprint density at radius 2 is 1.24 bits per heavy atom. The van der Waals surface area contributed by atoms with Crippen LogP contribution in [-0.2, 0) is 29.2 Å². The van der Waals surface area contributed by atoms with Crippen molar-refractivity contribution >= 4 is 22.1 Å². The minimum atomic E-state index is -5.01. The van der Waals surface area contributed by atoms with Crippen molar-refractivity contribution < 1.29 is 61.6 Å². The minimum Gasteiger partial charge on any atom is -0.747 e. The Morgan fingerprint density at radius 1 is 0.794 bits per heavy atom. The summed E-state index contributed by atoms with van der Waals surface area (Å²) in [5.74, 6) is -2.11. The molecule has 34 heavy (non-hydrogen) atoms. The molecule has 0 rings (SSSR count). The number of unbranched alkanes of at least 4 members (excludes halogenated alkanes) is 14. The summed E-state index contributed by atoms with van der Waals surface area (Å²) in [4.78, 5) is 23.6. The van der Waals surface area contributed by atoms with E-state index in [2.05, 4.69) is 13.5 Å². The Balaban J connectivity index is 0. The molecule has 0 saturated carbocycles. The van der Waals surface area contributed by atoms with Crippen LogP contribution in [0.3, 0.4) is 0 Å². The topological polar surface area (TPSA) is 110 Å². The maximum absolute atomic E-state index is 11.8. The van der Waals surface area contributed by atoms with Crippen molar-refractivity contribution in [1.29, 1.82) is 0 Å². The van der Waals surface area contributed by atoms with Gasteiger partial charge in [0.15, 0.2) is 5.25 Å². The fraction of sp³-hybridized carbons (Fsp3) is 0.840. The molecule has 1 unspecified atom stereocenters. The third-order valence-corrected chi connectivity index (χ3v) is 6.60. The van der Waals surface area contributed by atoms with Crippen LogP contribution in [0.5, 0.6) is 0 Å². The van der Waals surface area contributed by atoms with Gasteiger partial charge in [-0.15, -0.1) is 6.58 Å². The number of rotatable bonds is 23. The molecule has 7 nitrogen and oxygen atoms in total. The summed E-state index contributed by atoms with van der Waals surface area (Å²) in [7, 11) is -5.01. The summed E-state index contributed by atoms with van der Waals surface area (Å²) in [6.45, 7) is 5.74. The summed E-state index contributed by atoms with van der Waals surface area (Å²) < 4.78 is 43.5. The molecule has 0 radical (unpaired) electrons. The summed E-state index contributed by atoms with van der Waals surface area (Å²) >= 11 is 0. The minimum absolute atomic E-state index is 0. The fourth-order valence-corrected chi connectivity index (χ4v) is 4.15. The average molecular weight is 513 g/mol. The number of hydrogen-bond donors (Lipinski definition) is 0. The van der Waals surface area contributed by atoms with E-state index in [1.807, 2.05) is 0 Å². The number of carbonyl (C=O) groups is 2. The number of carbonyl (C=O) groups excluding carboxylic acids is 2. The van der Waals surface area contributed by atoms with Gasteiger partial charge >= 0.3 is 41.5 Å². The smallest absolute Gasteiger partial charge is 0.747 e. The Labute approximate surface area is 229 Å². The molecule has 1 atom stereocenters. The summed E-state index contributed by atoms with van der Waals surface area (Å²) in [6, 6.07) is 0. The zero-order valence-electron chi connectivity index (χ0n) is 21.6. The Bertz CT molecular complexity index is 623. The van der Waals surface area contributed by atoms with Gasteiger partial charge in [0.05, 0.1) is 19.6 Å². The van der Waals surface area contributed by atoms with Gasteiger partial charge in [-0.25, -0.2) is 8.42 Å². The molecule has 0 fully saturated rings. The van der Waals surface area contributed by atoms with E-state index >= 15 is 0 Å². The van der Waals surface area contributed by atoms with Gasteiger partial charge in [0, 0.05) is 0 Å². The van der Waals surface area contributed by atoms with E-state index in [0.29, 0.717) is 12.8 Å². The summed E-state index contributed by atoms with van der Waals surface area (Å²) in [5.41, 5.74) is 0. The SMILES string of the molecule is C=CCCOC(=O)C(CC(=O)OCCCCCCCCCCCCCCCCC)S(=O)(=O)[O-].[Na+]. The number of hydrogen-bond acceptors (Lipinski definition) is 7. The largest absolute Gasteiger partial charge is 1.00 e. The Morgan fingerprint density at radius 3 is 1.65 bits per heavy atom. The molecule has 0 aliphatic rings. The van der Waals surface area contributed by atoms with Crippen LogP contribution in [-0.4, -0.2) is 43.4 Å². The van der Waals surface area contributed by atoms with Crippen molar-refractivity contribution in [2.45, 2.75) is 121 Å². The standard InChI is InChI=1S/C25H46O7S.Na/c1-3-5-7-8-9-10-11-12-13-14-15-16-17-18-19-21-31-24(26)22-23(33(28,29)30)25(27)32-20-6-4-2;/h4,23H,2-3,5-22H2,1H3,(H,28,29,30);/q;+1/p-1. The number of esters is 2. The molecular formula is C25H45NaO7S. The van der Waals surface area contributed by atoms with Gasteiger partial charge in [-0.3, -0.25) is 9.59 Å². The van der Waals surface area contributed by atoms with E-state index in [0.717, 1.165) is 19.3 Å². The maximum Gasteiger partial charge on any atom is 1.00 e. The quantitative estimate of drug-likeness (QED) is 0.0681. The second kappa shape index (κ2) is 24.3. The van der Waals surface area contributed by atoms with Crippen molar-refractivity contribution in [3.05, 3.63) is 12.7 Å². The molecule has 0 aliphatic heterocycles. The van der Waals surface area contributed by atoms with Crippen molar-refractivity contribution in [2.24, 2.45) is 0 Å². The van der Waals surface area contributed by atoms with Crippen LogP contribution in [0.15, 0.2) is 12.7 Å². The third-order valence-electron chi connectivity index (χ3n) is 5.54. The predicted molar refractivity (Wildman–Crippen MR) is 130 cm³/mol. The normalized spacial score (nSPS) is 11.9. The summed E-state index contributed by atoms with van der Waals surface area (Å²) in [6.07, 6.45) is 19.4. The third kappa shape index (κ3) is 22.1. The first-order valence-electron chi connectivity index (χ1n) is 12.7. The van der Waals surface area contributed by atoms with Crippen LogP contribution >= 0.6 is 0 Å². The van der Waals surface area contributed by atoms with Crippen LogP contribution < -0.4 is 29.6 Å². The van der Waals surface area contributed by atoms with Gasteiger partial charge in [-0.05, 0) is 12.8 Å². The fourth-order valence-electron chi connectivity index (χ4n) is 3.51. The Kier molecular flexibility index (Phi) is 25.5. The molecule has 9 heteroatoms. The van der Waals surface area contributed by atoms with Crippen LogP contribution in [0, 0.1) is 0 Å². The second-order valence-electron chi connectivity index (χ2n) is 8.60. The van der Waals surface area contributed by atoms with E-state index < -0.39 is 33.7 Å². The van der Waals surface area contributed by atoms with E-state index in [4.69, 9.17) is 9.47 Å². The van der Waals surface area contributed by atoms with Gasteiger partial charge in [0.2, 0.25) is 0 Å². The zero-order valence-corrected chi connectivity index (χ0v) is 24.4. The second-order valence-corrected chi connectivity index (χ2v) is 10.2. The Hall–Kier alpha value is -0.410. The van der Waals surface area contributed by atoms with Crippen molar-refractivity contribution in [1.82, 2.24) is 0 Å². The van der Waals surface area contributed by atoms with Crippen molar-refractivity contribution in [3.8, 4) is 0 Å². The van der Waals surface area contributed by atoms with Crippen molar-refractivity contribution in [3.63, 3.8) is 0 Å². The van der Waals surface area contributed by atoms with Gasteiger partial charge in [-0.1, -0.05) is 103 Å². The first-order chi connectivity index (χ1) is 15.8. The molecule has 0 aliphatic carbocycles. The maximum atomic E-state index is 11.8. The van der Waals surface area contributed by atoms with Crippen LogP contribution in [0.25, 0.3) is 0 Å².